The Morgan fingerprint density at radius 1 is 1.31 bits per heavy atom. The van der Waals surface area contributed by atoms with E-state index in [9.17, 15) is 8.42 Å². The van der Waals surface area contributed by atoms with Crippen LogP contribution in [0.1, 0.15) is 25.3 Å². The van der Waals surface area contributed by atoms with Crippen LogP contribution in [-0.4, -0.2) is 25.3 Å². The first-order valence-corrected chi connectivity index (χ1v) is 7.08. The van der Waals surface area contributed by atoms with Gasteiger partial charge in [0.25, 0.3) is 0 Å². The molecule has 0 amide bonds. The summed E-state index contributed by atoms with van der Waals surface area (Å²) in [5, 5.41) is 0. The molecule has 1 aliphatic heterocycles. The molecule has 1 aromatic rings. The van der Waals surface area contributed by atoms with Crippen LogP contribution in [0, 0.1) is 6.92 Å². The molecule has 1 saturated heterocycles. The predicted octanol–water partition coefficient (Wildman–Crippen LogP) is 2.17. The van der Waals surface area contributed by atoms with Crippen LogP contribution in [0.4, 0.5) is 0 Å². The molecule has 3 nitrogen and oxygen atoms in total. The molecule has 0 bridgehead atoms. The standard InChI is InChI=1S/C12H17NO2S/c1-3-4-11-9-13(11)16(14,15)12-7-5-10(2)6-8-12/h5-8,11H,3-4,9H2,1-2H3/t11-,13?/m1/s1. The lowest BCUT2D eigenvalue weighted by atomic mass is 10.2. The third-order valence-corrected chi connectivity index (χ3v) is 4.85. The third-order valence-electron chi connectivity index (χ3n) is 2.91. The zero-order valence-corrected chi connectivity index (χ0v) is 10.5. The average Bonchev–Trinajstić information content (AvgIpc) is 2.99. The van der Waals surface area contributed by atoms with Crippen LogP contribution in [0.25, 0.3) is 0 Å². The van der Waals surface area contributed by atoms with Gasteiger partial charge in [-0.15, -0.1) is 0 Å². The molecule has 1 heterocycles. The molecule has 4 heteroatoms. The van der Waals surface area contributed by atoms with Crippen molar-refractivity contribution in [2.24, 2.45) is 0 Å². The van der Waals surface area contributed by atoms with Gasteiger partial charge in [0.2, 0.25) is 10.0 Å². The molecular weight excluding hydrogens is 222 g/mol. The van der Waals surface area contributed by atoms with Crippen LogP contribution in [0.15, 0.2) is 29.2 Å². The lowest BCUT2D eigenvalue weighted by molar-refractivity contribution is 0.546. The zero-order chi connectivity index (χ0) is 11.8. The average molecular weight is 239 g/mol. The third kappa shape index (κ3) is 2.13. The van der Waals surface area contributed by atoms with E-state index in [2.05, 4.69) is 6.92 Å². The maximum atomic E-state index is 12.1. The SMILES string of the molecule is CCC[C@@H]1CN1S(=O)(=O)c1ccc(C)cc1. The largest absolute Gasteiger partial charge is 0.243 e. The summed E-state index contributed by atoms with van der Waals surface area (Å²) in [5.74, 6) is 0. The first kappa shape index (κ1) is 11.6. The predicted molar refractivity (Wildman–Crippen MR) is 63.8 cm³/mol. The molecule has 0 aromatic heterocycles. The smallest absolute Gasteiger partial charge is 0.207 e. The van der Waals surface area contributed by atoms with E-state index in [4.69, 9.17) is 0 Å². The van der Waals surface area contributed by atoms with Gasteiger partial charge in [-0.2, -0.15) is 4.31 Å². The molecule has 0 spiro atoms. The summed E-state index contributed by atoms with van der Waals surface area (Å²) in [6, 6.07) is 7.28. The molecular formula is C12H17NO2S. The van der Waals surface area contributed by atoms with Crippen molar-refractivity contribution in [1.29, 1.82) is 0 Å². The van der Waals surface area contributed by atoms with Crippen molar-refractivity contribution in [2.45, 2.75) is 37.6 Å². The van der Waals surface area contributed by atoms with Gasteiger partial charge in [0.15, 0.2) is 0 Å². The van der Waals surface area contributed by atoms with E-state index in [-0.39, 0.29) is 6.04 Å². The molecule has 1 aromatic carbocycles. The van der Waals surface area contributed by atoms with Crippen molar-refractivity contribution in [2.75, 3.05) is 6.54 Å². The second-order valence-corrected chi connectivity index (χ2v) is 6.22. The van der Waals surface area contributed by atoms with Crippen LogP contribution in [0.5, 0.6) is 0 Å². The maximum absolute atomic E-state index is 12.1. The Balaban J connectivity index is 2.18. The number of hydrogen-bond donors (Lipinski definition) is 0. The van der Waals surface area contributed by atoms with Gasteiger partial charge in [0.1, 0.15) is 0 Å². The van der Waals surface area contributed by atoms with Gasteiger partial charge in [-0.1, -0.05) is 31.0 Å². The van der Waals surface area contributed by atoms with Crippen molar-refractivity contribution in [3.05, 3.63) is 29.8 Å². The summed E-state index contributed by atoms with van der Waals surface area (Å²) in [5.41, 5.74) is 1.08. The van der Waals surface area contributed by atoms with E-state index >= 15 is 0 Å². The van der Waals surface area contributed by atoms with Crippen LogP contribution in [-0.2, 0) is 10.0 Å². The van der Waals surface area contributed by atoms with Crippen LogP contribution in [0.2, 0.25) is 0 Å². The van der Waals surface area contributed by atoms with E-state index in [0.717, 1.165) is 18.4 Å². The lowest BCUT2D eigenvalue weighted by Gasteiger charge is -2.06. The Morgan fingerprint density at radius 2 is 1.94 bits per heavy atom. The normalized spacial score (nSPS) is 24.4. The second kappa shape index (κ2) is 4.18. The summed E-state index contributed by atoms with van der Waals surface area (Å²) in [4.78, 5) is 0.414. The number of benzene rings is 1. The minimum absolute atomic E-state index is 0.233. The Kier molecular flexibility index (Phi) is 3.04. The van der Waals surface area contributed by atoms with E-state index in [0.29, 0.717) is 11.4 Å². The highest BCUT2D eigenvalue weighted by Crippen LogP contribution is 2.30. The first-order valence-electron chi connectivity index (χ1n) is 5.64. The van der Waals surface area contributed by atoms with E-state index in [1.54, 1.807) is 16.4 Å². The number of nitrogens with zero attached hydrogens (tertiary/aromatic N) is 1. The fourth-order valence-electron chi connectivity index (χ4n) is 1.87. The summed E-state index contributed by atoms with van der Waals surface area (Å²) >= 11 is 0. The van der Waals surface area contributed by atoms with Gasteiger partial charge in [-0.25, -0.2) is 8.42 Å². The van der Waals surface area contributed by atoms with Gasteiger partial charge in [0, 0.05) is 12.6 Å². The Morgan fingerprint density at radius 3 is 2.50 bits per heavy atom. The monoisotopic (exact) mass is 239 g/mol. The van der Waals surface area contributed by atoms with Crippen molar-refractivity contribution in [1.82, 2.24) is 4.31 Å². The van der Waals surface area contributed by atoms with Gasteiger partial charge in [-0.05, 0) is 25.5 Å². The molecule has 0 radical (unpaired) electrons. The summed E-state index contributed by atoms with van der Waals surface area (Å²) in [6.45, 7) is 4.72. The molecule has 1 unspecified atom stereocenters. The van der Waals surface area contributed by atoms with Crippen molar-refractivity contribution >= 4 is 10.0 Å². The Hall–Kier alpha value is -0.870. The molecule has 0 aliphatic carbocycles. The van der Waals surface area contributed by atoms with Gasteiger partial charge in [-0.3, -0.25) is 0 Å². The molecule has 0 saturated carbocycles. The number of hydrogen-bond acceptors (Lipinski definition) is 2. The number of aryl methyl sites for hydroxylation is 1. The number of sulfonamides is 1. The molecule has 0 N–H and O–H groups in total. The Labute approximate surface area is 97.1 Å². The summed E-state index contributed by atoms with van der Waals surface area (Å²) in [6.07, 6.45) is 2.00. The first-order chi connectivity index (χ1) is 7.55. The fourth-order valence-corrected chi connectivity index (χ4v) is 3.49. The quantitative estimate of drug-likeness (QED) is 0.755. The van der Waals surface area contributed by atoms with E-state index in [1.807, 2.05) is 19.1 Å². The van der Waals surface area contributed by atoms with Crippen molar-refractivity contribution in [3.63, 3.8) is 0 Å². The minimum atomic E-state index is -3.22. The molecule has 1 aliphatic rings. The molecule has 2 atom stereocenters. The highest BCUT2D eigenvalue weighted by Gasteiger charge is 2.43. The molecule has 2 rings (SSSR count). The molecule has 16 heavy (non-hydrogen) atoms. The second-order valence-electron chi connectivity index (χ2n) is 4.33. The fraction of sp³-hybridized carbons (Fsp3) is 0.500. The van der Waals surface area contributed by atoms with Crippen molar-refractivity contribution in [3.8, 4) is 0 Å². The summed E-state index contributed by atoms with van der Waals surface area (Å²) in [7, 11) is -3.22. The van der Waals surface area contributed by atoms with Crippen LogP contribution < -0.4 is 0 Å². The molecule has 1 fully saturated rings. The topological polar surface area (TPSA) is 37.1 Å². The molecule has 88 valence electrons. The van der Waals surface area contributed by atoms with Crippen molar-refractivity contribution < 1.29 is 8.42 Å². The van der Waals surface area contributed by atoms with Crippen LogP contribution in [0.3, 0.4) is 0 Å². The minimum Gasteiger partial charge on any atom is -0.207 e. The lowest BCUT2D eigenvalue weighted by Crippen LogP contribution is -2.14. The van der Waals surface area contributed by atoms with Crippen LogP contribution >= 0.6 is 0 Å². The highest BCUT2D eigenvalue weighted by atomic mass is 32.2. The van der Waals surface area contributed by atoms with E-state index < -0.39 is 10.0 Å². The van der Waals surface area contributed by atoms with Gasteiger partial charge >= 0.3 is 0 Å². The Bertz CT molecular complexity index is 464. The van der Waals surface area contributed by atoms with Gasteiger partial charge < -0.3 is 0 Å². The summed E-state index contributed by atoms with van der Waals surface area (Å²) < 4.78 is 25.8. The van der Waals surface area contributed by atoms with E-state index in [1.165, 1.54) is 0 Å². The highest BCUT2D eigenvalue weighted by molar-refractivity contribution is 7.89. The zero-order valence-electron chi connectivity index (χ0n) is 9.68. The van der Waals surface area contributed by atoms with Gasteiger partial charge in [0.05, 0.1) is 4.90 Å². The number of rotatable bonds is 4. The maximum Gasteiger partial charge on any atom is 0.243 e.